The van der Waals surface area contributed by atoms with Crippen molar-refractivity contribution in [2.75, 3.05) is 18.5 Å². The van der Waals surface area contributed by atoms with Crippen LogP contribution in [0.2, 0.25) is 0 Å². The first-order valence-electron chi connectivity index (χ1n) is 5.31. The number of halogens is 3. The Balaban J connectivity index is 2.15. The third-order valence-electron chi connectivity index (χ3n) is 2.70. The molecule has 1 saturated heterocycles. The summed E-state index contributed by atoms with van der Waals surface area (Å²) in [7, 11) is 0. The number of aromatic amines is 1. The molecule has 1 aliphatic heterocycles. The molecule has 2 N–H and O–H groups in total. The fourth-order valence-electron chi connectivity index (χ4n) is 1.79. The summed E-state index contributed by atoms with van der Waals surface area (Å²) >= 11 is 0. The first-order chi connectivity index (χ1) is 8.44. The van der Waals surface area contributed by atoms with Gasteiger partial charge in [-0.15, -0.1) is 0 Å². The number of anilines is 1. The van der Waals surface area contributed by atoms with Crippen molar-refractivity contribution in [3.8, 4) is 6.07 Å². The van der Waals surface area contributed by atoms with Crippen LogP contribution in [0.4, 0.5) is 18.9 Å². The average Bonchev–Trinajstić information content (AvgIpc) is 2.88. The smallest absolute Gasteiger partial charge is 0.378 e. The van der Waals surface area contributed by atoms with Crippen LogP contribution in [-0.2, 0) is 11.2 Å². The lowest BCUT2D eigenvalue weighted by atomic mass is 10.0. The molecular weight excluding hydrogens is 249 g/mol. The largest absolute Gasteiger partial charge is 0.394 e. The second-order valence-corrected chi connectivity index (χ2v) is 4.16. The van der Waals surface area contributed by atoms with Crippen LogP contribution < -0.4 is 5.32 Å². The molecular formula is C10H11F3N4O. The second kappa shape index (κ2) is 4.49. The lowest BCUT2D eigenvalue weighted by Gasteiger charge is -2.21. The summed E-state index contributed by atoms with van der Waals surface area (Å²) in [5.41, 5.74) is -0.923. The lowest BCUT2D eigenvalue weighted by Crippen LogP contribution is -2.37. The number of aromatic nitrogens is 2. The van der Waals surface area contributed by atoms with Crippen molar-refractivity contribution in [2.24, 2.45) is 0 Å². The maximum atomic E-state index is 12.3. The highest BCUT2D eigenvalue weighted by molar-refractivity contribution is 5.51. The van der Waals surface area contributed by atoms with E-state index in [4.69, 9.17) is 10.00 Å². The molecule has 2 rings (SSSR count). The van der Waals surface area contributed by atoms with E-state index in [9.17, 15) is 13.2 Å². The van der Waals surface area contributed by atoms with Gasteiger partial charge in [0.25, 0.3) is 0 Å². The van der Waals surface area contributed by atoms with Gasteiger partial charge in [0, 0.05) is 12.6 Å². The Bertz CT molecular complexity index is 456. The van der Waals surface area contributed by atoms with Crippen LogP contribution in [-0.4, -0.2) is 35.1 Å². The molecule has 0 spiro atoms. The topological polar surface area (TPSA) is 73.7 Å². The second-order valence-electron chi connectivity index (χ2n) is 4.16. The van der Waals surface area contributed by atoms with Gasteiger partial charge >= 0.3 is 6.18 Å². The molecule has 98 valence electrons. The minimum absolute atomic E-state index is 0.149. The van der Waals surface area contributed by atoms with Gasteiger partial charge in [-0.3, -0.25) is 5.10 Å². The third kappa shape index (κ3) is 2.73. The Hall–Kier alpha value is -1.75. The van der Waals surface area contributed by atoms with Crippen molar-refractivity contribution in [3.05, 3.63) is 11.9 Å². The Morgan fingerprint density at radius 2 is 2.39 bits per heavy atom. The molecule has 0 radical (unpaired) electrons. The van der Waals surface area contributed by atoms with Crippen molar-refractivity contribution in [2.45, 2.75) is 24.6 Å². The van der Waals surface area contributed by atoms with Gasteiger partial charge in [-0.25, -0.2) is 0 Å². The van der Waals surface area contributed by atoms with Crippen molar-refractivity contribution in [1.82, 2.24) is 10.2 Å². The van der Waals surface area contributed by atoms with E-state index in [1.165, 1.54) is 6.20 Å². The van der Waals surface area contributed by atoms with Gasteiger partial charge in [0.1, 0.15) is 0 Å². The summed E-state index contributed by atoms with van der Waals surface area (Å²) in [4.78, 5) is 0. The van der Waals surface area contributed by atoms with Gasteiger partial charge in [-0.1, -0.05) is 0 Å². The zero-order chi connectivity index (χ0) is 13.2. The summed E-state index contributed by atoms with van der Waals surface area (Å²) in [6.07, 6.45) is -3.72. The van der Waals surface area contributed by atoms with Crippen LogP contribution in [0, 0.1) is 11.3 Å². The van der Waals surface area contributed by atoms with Crippen molar-refractivity contribution in [1.29, 1.82) is 5.26 Å². The Labute approximate surface area is 101 Å². The third-order valence-corrected chi connectivity index (χ3v) is 2.70. The van der Waals surface area contributed by atoms with E-state index in [-0.39, 0.29) is 18.0 Å². The summed E-state index contributed by atoms with van der Waals surface area (Å²) in [5.74, 6) is 0. The van der Waals surface area contributed by atoms with Gasteiger partial charge in [0.2, 0.25) is 0 Å². The lowest BCUT2D eigenvalue weighted by molar-refractivity contribution is -0.127. The predicted molar refractivity (Wildman–Crippen MR) is 55.7 cm³/mol. The van der Waals surface area contributed by atoms with Crippen LogP contribution in [0.15, 0.2) is 6.20 Å². The first kappa shape index (κ1) is 12.7. The van der Waals surface area contributed by atoms with E-state index >= 15 is 0 Å². The molecule has 1 fully saturated rings. The maximum absolute atomic E-state index is 12.3. The number of nitrogens with zero attached hydrogens (tertiary/aromatic N) is 2. The highest BCUT2D eigenvalue weighted by atomic mass is 19.4. The summed E-state index contributed by atoms with van der Waals surface area (Å²) in [6.45, 7) is 0.563. The molecule has 1 aromatic heterocycles. The molecule has 18 heavy (non-hydrogen) atoms. The van der Waals surface area contributed by atoms with E-state index < -0.39 is 18.1 Å². The molecule has 1 atom stereocenters. The Kier molecular flexibility index (Phi) is 3.17. The molecule has 0 aromatic carbocycles. The normalized spacial score (nSPS) is 23.9. The minimum Gasteiger partial charge on any atom is -0.378 e. The van der Waals surface area contributed by atoms with Crippen LogP contribution in [0.3, 0.4) is 0 Å². The zero-order valence-corrected chi connectivity index (χ0v) is 9.34. The zero-order valence-electron chi connectivity index (χ0n) is 9.34. The monoisotopic (exact) mass is 260 g/mol. The predicted octanol–water partition coefficient (Wildman–Crippen LogP) is 1.61. The number of alkyl halides is 3. The summed E-state index contributed by atoms with van der Waals surface area (Å²) < 4.78 is 42.1. The average molecular weight is 260 g/mol. The van der Waals surface area contributed by atoms with E-state index in [0.717, 1.165) is 0 Å². The number of rotatable bonds is 3. The highest BCUT2D eigenvalue weighted by Gasteiger charge is 2.37. The van der Waals surface area contributed by atoms with Crippen molar-refractivity contribution in [3.63, 3.8) is 0 Å². The van der Waals surface area contributed by atoms with Gasteiger partial charge in [0.15, 0.2) is 5.54 Å². The molecule has 1 unspecified atom stereocenters. The quantitative estimate of drug-likeness (QED) is 0.865. The van der Waals surface area contributed by atoms with Gasteiger partial charge in [-0.2, -0.15) is 23.5 Å². The van der Waals surface area contributed by atoms with E-state index in [0.29, 0.717) is 13.0 Å². The summed E-state index contributed by atoms with van der Waals surface area (Å²) in [5, 5.41) is 17.8. The number of H-pyrrole nitrogens is 1. The molecule has 0 aliphatic carbocycles. The number of hydrogen-bond donors (Lipinski definition) is 2. The standard InChI is InChI=1S/C10H11F3N4O/c11-10(12,13)3-7-8(4-15-17-7)16-9(5-14)1-2-18-6-9/h4,16H,1-3,6H2,(H,15,17). The van der Waals surface area contributed by atoms with Crippen molar-refractivity contribution < 1.29 is 17.9 Å². The molecule has 1 aliphatic rings. The number of nitriles is 1. The summed E-state index contributed by atoms with van der Waals surface area (Å²) in [6, 6.07) is 2.05. The molecule has 5 nitrogen and oxygen atoms in total. The first-order valence-corrected chi connectivity index (χ1v) is 5.31. The van der Waals surface area contributed by atoms with E-state index in [1.54, 1.807) is 0 Å². The fraction of sp³-hybridized carbons (Fsp3) is 0.600. The van der Waals surface area contributed by atoms with Crippen LogP contribution in [0.5, 0.6) is 0 Å². The molecule has 0 saturated carbocycles. The number of ether oxygens (including phenoxy) is 1. The van der Waals surface area contributed by atoms with Gasteiger partial charge in [-0.05, 0) is 0 Å². The maximum Gasteiger partial charge on any atom is 0.394 e. The number of hydrogen-bond acceptors (Lipinski definition) is 4. The SMILES string of the molecule is N#CC1(Nc2c[nH]nc2CC(F)(F)F)CCOC1. The Morgan fingerprint density at radius 3 is 2.94 bits per heavy atom. The highest BCUT2D eigenvalue weighted by Crippen LogP contribution is 2.28. The van der Waals surface area contributed by atoms with Gasteiger partial charge < -0.3 is 10.1 Å². The van der Waals surface area contributed by atoms with Gasteiger partial charge in [0.05, 0.1) is 37.1 Å². The molecule has 8 heteroatoms. The van der Waals surface area contributed by atoms with Crippen LogP contribution >= 0.6 is 0 Å². The molecule has 0 bridgehead atoms. The number of nitrogens with one attached hydrogen (secondary N) is 2. The molecule has 1 aromatic rings. The molecule has 0 amide bonds. The fourth-order valence-corrected chi connectivity index (χ4v) is 1.79. The van der Waals surface area contributed by atoms with Crippen molar-refractivity contribution >= 4 is 5.69 Å². The van der Waals surface area contributed by atoms with E-state index in [2.05, 4.69) is 15.5 Å². The Morgan fingerprint density at radius 1 is 1.61 bits per heavy atom. The molecule has 2 heterocycles. The van der Waals surface area contributed by atoms with Crippen LogP contribution in [0.1, 0.15) is 12.1 Å². The van der Waals surface area contributed by atoms with Crippen LogP contribution in [0.25, 0.3) is 0 Å². The minimum atomic E-state index is -4.34. The van der Waals surface area contributed by atoms with E-state index in [1.807, 2.05) is 6.07 Å².